The van der Waals surface area contributed by atoms with Gasteiger partial charge in [0.15, 0.2) is 0 Å². The summed E-state index contributed by atoms with van der Waals surface area (Å²) in [6.07, 6.45) is 0.980. The van der Waals surface area contributed by atoms with E-state index in [0.717, 1.165) is 12.1 Å². The van der Waals surface area contributed by atoms with Gasteiger partial charge in [0.1, 0.15) is 10.7 Å². The Morgan fingerprint density at radius 1 is 1.43 bits per heavy atom. The van der Waals surface area contributed by atoms with Gasteiger partial charge in [0.25, 0.3) is 0 Å². The fraction of sp³-hybridized carbons (Fsp3) is 0.462. The van der Waals surface area contributed by atoms with Crippen LogP contribution in [0, 0.1) is 11.7 Å². The quantitative estimate of drug-likeness (QED) is 0.764. The highest BCUT2D eigenvalue weighted by Gasteiger charge is 2.19. The molecular weight excluding hydrogens is 321 g/mol. The molecule has 8 heteroatoms. The second-order valence-corrected chi connectivity index (χ2v) is 6.97. The van der Waals surface area contributed by atoms with E-state index in [1.165, 1.54) is 6.07 Å². The zero-order valence-corrected chi connectivity index (χ0v) is 13.0. The van der Waals surface area contributed by atoms with E-state index >= 15 is 0 Å². The van der Waals surface area contributed by atoms with Crippen LogP contribution < -0.4 is 4.72 Å². The van der Waals surface area contributed by atoms with E-state index < -0.39 is 26.7 Å². The number of carbonyl (C=O) groups is 1. The first-order chi connectivity index (χ1) is 9.72. The number of carboxylic acids is 1. The van der Waals surface area contributed by atoms with Crippen LogP contribution in [0.1, 0.15) is 26.2 Å². The van der Waals surface area contributed by atoms with Crippen LogP contribution >= 0.6 is 11.6 Å². The van der Waals surface area contributed by atoms with Crippen molar-refractivity contribution in [1.29, 1.82) is 0 Å². The van der Waals surface area contributed by atoms with Crippen LogP contribution in [0.15, 0.2) is 23.1 Å². The average Bonchev–Trinajstić information content (AvgIpc) is 2.35. The molecule has 21 heavy (non-hydrogen) atoms. The van der Waals surface area contributed by atoms with Gasteiger partial charge in [0.2, 0.25) is 10.0 Å². The van der Waals surface area contributed by atoms with Crippen molar-refractivity contribution in [3.8, 4) is 0 Å². The number of aliphatic carboxylic acids is 1. The van der Waals surface area contributed by atoms with E-state index in [1.807, 2.05) is 6.92 Å². The van der Waals surface area contributed by atoms with Crippen LogP contribution in [-0.2, 0) is 14.8 Å². The number of hydrogen-bond donors (Lipinski definition) is 2. The molecule has 0 bridgehead atoms. The maximum atomic E-state index is 13.6. The molecule has 0 aliphatic carbocycles. The van der Waals surface area contributed by atoms with Gasteiger partial charge in [-0.3, -0.25) is 4.79 Å². The molecule has 0 saturated heterocycles. The van der Waals surface area contributed by atoms with Gasteiger partial charge in [-0.15, -0.1) is 0 Å². The molecule has 0 radical (unpaired) electrons. The van der Waals surface area contributed by atoms with E-state index in [0.29, 0.717) is 12.8 Å². The lowest BCUT2D eigenvalue weighted by Gasteiger charge is -2.11. The van der Waals surface area contributed by atoms with Crippen LogP contribution in [0.3, 0.4) is 0 Å². The molecule has 0 spiro atoms. The van der Waals surface area contributed by atoms with Crippen molar-refractivity contribution in [2.45, 2.75) is 31.1 Å². The van der Waals surface area contributed by atoms with Gasteiger partial charge < -0.3 is 5.11 Å². The minimum absolute atomic E-state index is 0.0414. The summed E-state index contributed by atoms with van der Waals surface area (Å²) in [7, 11) is -3.93. The molecule has 0 amide bonds. The molecule has 1 aromatic carbocycles. The van der Waals surface area contributed by atoms with Crippen molar-refractivity contribution in [1.82, 2.24) is 4.72 Å². The summed E-state index contributed by atoms with van der Waals surface area (Å²) >= 11 is 5.57. The molecule has 5 nitrogen and oxygen atoms in total. The average molecular weight is 338 g/mol. The third-order valence-electron chi connectivity index (χ3n) is 2.96. The van der Waals surface area contributed by atoms with Crippen molar-refractivity contribution in [3.63, 3.8) is 0 Å². The topological polar surface area (TPSA) is 83.5 Å². The molecule has 1 unspecified atom stereocenters. The summed E-state index contributed by atoms with van der Waals surface area (Å²) in [4.78, 5) is 9.97. The third-order valence-corrected chi connectivity index (χ3v) is 4.69. The standard InChI is InChI=1S/C13H17ClFNO4S/c1-9(2-5-13(17)18)6-7-16-21(19,20)12-4-3-10(14)8-11(12)15/h3-4,8-9,16H,2,5-7H2,1H3,(H,17,18). The second-order valence-electron chi connectivity index (χ2n) is 4.80. The molecular formula is C13H17ClFNO4S. The lowest BCUT2D eigenvalue weighted by Crippen LogP contribution is -2.26. The van der Waals surface area contributed by atoms with E-state index in [1.54, 1.807) is 0 Å². The Balaban J connectivity index is 2.55. The summed E-state index contributed by atoms with van der Waals surface area (Å²) in [6.45, 7) is 1.95. The molecule has 0 aliphatic rings. The highest BCUT2D eigenvalue weighted by Crippen LogP contribution is 2.19. The van der Waals surface area contributed by atoms with Gasteiger partial charge in [-0.05, 0) is 37.0 Å². The predicted molar refractivity (Wildman–Crippen MR) is 77.2 cm³/mol. The van der Waals surface area contributed by atoms with Crippen LogP contribution in [0.2, 0.25) is 5.02 Å². The first-order valence-corrected chi connectivity index (χ1v) is 8.25. The van der Waals surface area contributed by atoms with Crippen molar-refractivity contribution in [2.75, 3.05) is 6.54 Å². The van der Waals surface area contributed by atoms with Crippen molar-refractivity contribution < 1.29 is 22.7 Å². The van der Waals surface area contributed by atoms with E-state index in [9.17, 15) is 17.6 Å². The van der Waals surface area contributed by atoms with E-state index in [4.69, 9.17) is 16.7 Å². The zero-order chi connectivity index (χ0) is 16.0. The number of sulfonamides is 1. The molecule has 0 saturated carbocycles. The van der Waals surface area contributed by atoms with E-state index in [2.05, 4.69) is 4.72 Å². The Bertz CT molecular complexity index is 606. The Kier molecular flexibility index (Phi) is 6.57. The highest BCUT2D eigenvalue weighted by atomic mass is 35.5. The highest BCUT2D eigenvalue weighted by molar-refractivity contribution is 7.89. The number of hydrogen-bond acceptors (Lipinski definition) is 3. The number of halogens is 2. The van der Waals surface area contributed by atoms with Crippen LogP contribution in [0.4, 0.5) is 4.39 Å². The maximum absolute atomic E-state index is 13.6. The van der Waals surface area contributed by atoms with Crippen LogP contribution in [-0.4, -0.2) is 26.0 Å². The molecule has 118 valence electrons. The first-order valence-electron chi connectivity index (χ1n) is 6.39. The fourth-order valence-corrected chi connectivity index (χ4v) is 2.99. The normalized spacial score (nSPS) is 13.1. The summed E-state index contributed by atoms with van der Waals surface area (Å²) in [6, 6.07) is 3.34. The lowest BCUT2D eigenvalue weighted by atomic mass is 10.0. The number of carboxylic acid groups (broad SMARTS) is 1. The number of nitrogens with one attached hydrogen (secondary N) is 1. The third kappa shape index (κ3) is 5.99. The van der Waals surface area contributed by atoms with Gasteiger partial charge >= 0.3 is 5.97 Å². The summed E-state index contributed by atoms with van der Waals surface area (Å²) in [5, 5.41) is 8.67. The molecule has 0 heterocycles. The lowest BCUT2D eigenvalue weighted by molar-refractivity contribution is -0.137. The predicted octanol–water partition coefficient (Wildman–Crippen LogP) is 2.65. The van der Waals surface area contributed by atoms with Crippen LogP contribution in [0.5, 0.6) is 0 Å². The maximum Gasteiger partial charge on any atom is 0.303 e. The van der Waals surface area contributed by atoms with Crippen molar-refractivity contribution >= 4 is 27.6 Å². The van der Waals surface area contributed by atoms with Crippen molar-refractivity contribution in [2.24, 2.45) is 5.92 Å². The van der Waals surface area contributed by atoms with Gasteiger partial charge in [-0.25, -0.2) is 17.5 Å². The Labute approximate surface area is 128 Å². The molecule has 2 N–H and O–H groups in total. The monoisotopic (exact) mass is 337 g/mol. The van der Waals surface area contributed by atoms with Gasteiger partial charge in [0, 0.05) is 18.0 Å². The first kappa shape index (κ1) is 17.9. The second kappa shape index (κ2) is 7.72. The number of rotatable bonds is 8. The summed E-state index contributed by atoms with van der Waals surface area (Å²) in [5.74, 6) is -1.74. The van der Waals surface area contributed by atoms with Crippen molar-refractivity contribution in [3.05, 3.63) is 29.0 Å². The molecule has 0 fully saturated rings. The molecule has 1 rings (SSSR count). The largest absolute Gasteiger partial charge is 0.481 e. The Hall–Kier alpha value is -1.18. The summed E-state index contributed by atoms with van der Waals surface area (Å²) < 4.78 is 39.7. The Morgan fingerprint density at radius 3 is 2.67 bits per heavy atom. The molecule has 1 atom stereocenters. The van der Waals surface area contributed by atoms with Gasteiger partial charge in [-0.1, -0.05) is 18.5 Å². The van der Waals surface area contributed by atoms with Gasteiger partial charge in [0.05, 0.1) is 0 Å². The SMILES string of the molecule is CC(CCNS(=O)(=O)c1ccc(Cl)cc1F)CCC(=O)O. The summed E-state index contributed by atoms with van der Waals surface area (Å²) in [5.41, 5.74) is 0. The fourth-order valence-electron chi connectivity index (χ4n) is 1.72. The molecule has 0 aromatic heterocycles. The zero-order valence-electron chi connectivity index (χ0n) is 11.5. The van der Waals surface area contributed by atoms with Gasteiger partial charge in [-0.2, -0.15) is 0 Å². The molecule has 0 aliphatic heterocycles. The van der Waals surface area contributed by atoms with Crippen LogP contribution in [0.25, 0.3) is 0 Å². The minimum atomic E-state index is -3.93. The number of benzene rings is 1. The van der Waals surface area contributed by atoms with E-state index in [-0.39, 0.29) is 23.9 Å². The minimum Gasteiger partial charge on any atom is -0.481 e. The molecule has 1 aromatic rings. The smallest absolute Gasteiger partial charge is 0.303 e. The Morgan fingerprint density at radius 2 is 2.10 bits per heavy atom.